The maximum atomic E-state index is 5.99. The molecule has 1 aromatic heterocycles. The quantitative estimate of drug-likeness (QED) is 0.941. The number of nitrogens with zero attached hydrogens (tertiary/aromatic N) is 1. The van der Waals surface area contributed by atoms with E-state index >= 15 is 0 Å². The van der Waals surface area contributed by atoms with Gasteiger partial charge >= 0.3 is 0 Å². The number of fused-ring (bicyclic) bond motifs is 1. The van der Waals surface area contributed by atoms with Crippen LogP contribution >= 0.6 is 12.4 Å². The molecule has 0 saturated carbocycles. The molecule has 3 nitrogen and oxygen atoms in total. The lowest BCUT2D eigenvalue weighted by Crippen LogP contribution is -2.31. The predicted molar refractivity (Wildman–Crippen MR) is 90.0 cm³/mol. The number of hydrogen-bond acceptors (Lipinski definition) is 3. The molecule has 0 spiro atoms. The Hall–Kier alpha value is -1.03. The molecule has 1 fully saturated rings. The second kappa shape index (κ2) is 5.99. The van der Waals surface area contributed by atoms with Crippen LogP contribution in [-0.2, 0) is 6.54 Å². The number of hydrogen-bond donors (Lipinski definition) is 1. The molecule has 2 N–H and O–H groups in total. The summed E-state index contributed by atoms with van der Waals surface area (Å²) in [6.07, 6.45) is 1.18. The maximum absolute atomic E-state index is 5.99. The van der Waals surface area contributed by atoms with Gasteiger partial charge in [-0.3, -0.25) is 4.90 Å². The van der Waals surface area contributed by atoms with Crippen molar-refractivity contribution < 1.29 is 4.42 Å². The first-order valence-electron chi connectivity index (χ1n) is 7.41. The fraction of sp³-hybridized carbons (Fsp3) is 0.529. The molecule has 0 radical (unpaired) electrons. The van der Waals surface area contributed by atoms with E-state index in [1.807, 2.05) is 0 Å². The van der Waals surface area contributed by atoms with E-state index in [4.69, 9.17) is 10.2 Å². The summed E-state index contributed by atoms with van der Waals surface area (Å²) in [5.41, 5.74) is 9.76. The Morgan fingerprint density at radius 1 is 1.24 bits per heavy atom. The van der Waals surface area contributed by atoms with Gasteiger partial charge in [0.05, 0.1) is 6.54 Å². The average molecular weight is 309 g/mol. The van der Waals surface area contributed by atoms with Crippen LogP contribution in [0.2, 0.25) is 0 Å². The summed E-state index contributed by atoms with van der Waals surface area (Å²) < 4.78 is 5.99. The largest absolute Gasteiger partial charge is 0.460 e. The van der Waals surface area contributed by atoms with Crippen molar-refractivity contribution in [3.05, 3.63) is 35.1 Å². The van der Waals surface area contributed by atoms with Gasteiger partial charge in [-0.25, -0.2) is 0 Å². The first kappa shape index (κ1) is 16.3. The molecule has 116 valence electrons. The summed E-state index contributed by atoms with van der Waals surface area (Å²) in [5.74, 6) is 1.06. The summed E-state index contributed by atoms with van der Waals surface area (Å²) in [6, 6.07) is 6.54. The Bertz CT molecular complexity index is 598. The highest BCUT2D eigenvalue weighted by atomic mass is 35.5. The van der Waals surface area contributed by atoms with Gasteiger partial charge in [-0.05, 0) is 68.1 Å². The molecule has 0 bridgehead atoms. The molecule has 2 aromatic rings. The van der Waals surface area contributed by atoms with E-state index in [1.54, 1.807) is 0 Å². The normalized spacial score (nSPS) is 22.7. The van der Waals surface area contributed by atoms with Crippen molar-refractivity contribution in [2.45, 2.75) is 33.7 Å². The van der Waals surface area contributed by atoms with Crippen LogP contribution < -0.4 is 5.73 Å². The van der Waals surface area contributed by atoms with E-state index in [2.05, 4.69) is 43.9 Å². The second-order valence-corrected chi connectivity index (χ2v) is 6.66. The zero-order valence-corrected chi connectivity index (χ0v) is 13.9. The van der Waals surface area contributed by atoms with Crippen LogP contribution in [0.5, 0.6) is 0 Å². The van der Waals surface area contributed by atoms with E-state index < -0.39 is 0 Å². The van der Waals surface area contributed by atoms with Crippen LogP contribution in [0.4, 0.5) is 0 Å². The van der Waals surface area contributed by atoms with Crippen molar-refractivity contribution in [3.63, 3.8) is 0 Å². The van der Waals surface area contributed by atoms with Crippen molar-refractivity contribution in [1.29, 1.82) is 0 Å². The number of halogens is 1. The minimum Gasteiger partial charge on any atom is -0.460 e. The number of nitrogens with two attached hydrogens (primary N) is 1. The molecule has 0 amide bonds. The first-order chi connectivity index (χ1) is 9.49. The maximum Gasteiger partial charge on any atom is 0.134 e. The van der Waals surface area contributed by atoms with Gasteiger partial charge < -0.3 is 10.2 Å². The highest BCUT2D eigenvalue weighted by molar-refractivity contribution is 5.85. The van der Waals surface area contributed by atoms with Crippen LogP contribution in [0.25, 0.3) is 11.0 Å². The van der Waals surface area contributed by atoms with Crippen LogP contribution in [-0.4, -0.2) is 24.5 Å². The summed E-state index contributed by atoms with van der Waals surface area (Å²) in [6.45, 7) is 10.4. The molecule has 1 saturated heterocycles. The lowest BCUT2D eigenvalue weighted by molar-refractivity contribution is 0.258. The molecule has 1 aliphatic heterocycles. The molecule has 1 unspecified atom stereocenters. The van der Waals surface area contributed by atoms with Crippen LogP contribution in [0.1, 0.15) is 30.2 Å². The SMILES string of the molecule is Cc1cc2cc(CN3CCC(C)(CN)C3)oc2cc1C.Cl. The number of rotatable bonds is 3. The topological polar surface area (TPSA) is 42.4 Å². The Labute approximate surface area is 132 Å². The molecule has 3 rings (SSSR count). The monoisotopic (exact) mass is 308 g/mol. The number of likely N-dealkylation sites (tertiary alicyclic amines) is 1. The molecule has 1 atom stereocenters. The lowest BCUT2D eigenvalue weighted by Gasteiger charge is -2.21. The molecule has 0 aliphatic carbocycles. The molecular weight excluding hydrogens is 284 g/mol. The zero-order valence-electron chi connectivity index (χ0n) is 13.1. The van der Waals surface area contributed by atoms with Crippen molar-refractivity contribution in [2.24, 2.45) is 11.1 Å². The summed E-state index contributed by atoms with van der Waals surface area (Å²) in [5, 5.41) is 1.21. The fourth-order valence-corrected chi connectivity index (χ4v) is 3.08. The summed E-state index contributed by atoms with van der Waals surface area (Å²) in [4.78, 5) is 2.45. The van der Waals surface area contributed by atoms with E-state index in [0.29, 0.717) is 0 Å². The molecular formula is C17H25ClN2O. The zero-order chi connectivity index (χ0) is 14.3. The summed E-state index contributed by atoms with van der Waals surface area (Å²) in [7, 11) is 0. The lowest BCUT2D eigenvalue weighted by atomic mass is 9.90. The van der Waals surface area contributed by atoms with Crippen LogP contribution in [0.3, 0.4) is 0 Å². The average Bonchev–Trinajstić information content (AvgIpc) is 2.95. The Morgan fingerprint density at radius 3 is 2.62 bits per heavy atom. The van der Waals surface area contributed by atoms with Gasteiger partial charge in [0.25, 0.3) is 0 Å². The standard InChI is InChI=1S/C17H24N2O.ClH/c1-12-6-14-8-15(20-16(14)7-13(12)2)9-19-5-4-17(3,10-18)11-19;/h6-8H,4-5,9-11,18H2,1-3H3;1H. The number of furan rings is 1. The third-order valence-electron chi connectivity index (χ3n) is 4.69. The Balaban J connectivity index is 0.00000161. The van der Waals surface area contributed by atoms with Gasteiger partial charge in [-0.1, -0.05) is 6.92 Å². The van der Waals surface area contributed by atoms with Crippen molar-refractivity contribution >= 4 is 23.4 Å². The van der Waals surface area contributed by atoms with Gasteiger partial charge in [-0.2, -0.15) is 0 Å². The van der Waals surface area contributed by atoms with Gasteiger partial charge in [0.15, 0.2) is 0 Å². The second-order valence-electron chi connectivity index (χ2n) is 6.66. The Kier molecular flexibility index (Phi) is 4.66. The number of benzene rings is 1. The molecule has 1 aliphatic rings. The fourth-order valence-electron chi connectivity index (χ4n) is 3.08. The third-order valence-corrected chi connectivity index (χ3v) is 4.69. The smallest absolute Gasteiger partial charge is 0.134 e. The van der Waals surface area contributed by atoms with E-state index in [9.17, 15) is 0 Å². The van der Waals surface area contributed by atoms with E-state index in [-0.39, 0.29) is 17.8 Å². The van der Waals surface area contributed by atoms with Crippen molar-refractivity contribution in [2.75, 3.05) is 19.6 Å². The predicted octanol–water partition coefficient (Wildman–Crippen LogP) is 3.64. The molecule has 2 heterocycles. The first-order valence-corrected chi connectivity index (χ1v) is 7.41. The highest BCUT2D eigenvalue weighted by Crippen LogP contribution is 2.31. The number of aryl methyl sites for hydroxylation is 2. The molecule has 1 aromatic carbocycles. The summed E-state index contributed by atoms with van der Waals surface area (Å²) >= 11 is 0. The van der Waals surface area contributed by atoms with Gasteiger partial charge in [0.1, 0.15) is 11.3 Å². The van der Waals surface area contributed by atoms with Gasteiger partial charge in [0, 0.05) is 11.9 Å². The highest BCUT2D eigenvalue weighted by Gasteiger charge is 2.32. The van der Waals surface area contributed by atoms with Gasteiger partial charge in [-0.15, -0.1) is 12.4 Å². The third kappa shape index (κ3) is 3.25. The minimum absolute atomic E-state index is 0. The van der Waals surface area contributed by atoms with Crippen LogP contribution in [0, 0.1) is 19.3 Å². The molecule has 4 heteroatoms. The van der Waals surface area contributed by atoms with Crippen molar-refractivity contribution in [3.8, 4) is 0 Å². The minimum atomic E-state index is 0. The van der Waals surface area contributed by atoms with Gasteiger partial charge in [0.2, 0.25) is 0 Å². The van der Waals surface area contributed by atoms with E-state index in [0.717, 1.165) is 37.5 Å². The van der Waals surface area contributed by atoms with Crippen molar-refractivity contribution in [1.82, 2.24) is 4.90 Å². The van der Waals surface area contributed by atoms with E-state index in [1.165, 1.54) is 22.9 Å². The Morgan fingerprint density at radius 2 is 1.95 bits per heavy atom. The van der Waals surface area contributed by atoms with Crippen LogP contribution in [0.15, 0.2) is 22.6 Å². The molecule has 21 heavy (non-hydrogen) atoms.